The summed E-state index contributed by atoms with van der Waals surface area (Å²) in [6.07, 6.45) is 1.53. The van der Waals surface area contributed by atoms with E-state index in [0.29, 0.717) is 17.0 Å². The molecule has 1 aromatic carbocycles. The molecule has 0 aliphatic carbocycles. The molecule has 0 radical (unpaired) electrons. The number of nitrogens with zero attached hydrogens (tertiary/aromatic N) is 3. The predicted octanol–water partition coefficient (Wildman–Crippen LogP) is 1.06. The maximum absolute atomic E-state index is 12.3. The highest BCUT2D eigenvalue weighted by Gasteiger charge is 2.21. The quantitative estimate of drug-likeness (QED) is 0.876. The number of carboxylic acid groups (broad SMARTS) is 1. The summed E-state index contributed by atoms with van der Waals surface area (Å²) in [4.78, 5) is 27.7. The van der Waals surface area contributed by atoms with Gasteiger partial charge in [-0.1, -0.05) is 12.1 Å². The summed E-state index contributed by atoms with van der Waals surface area (Å²) in [5.41, 5.74) is 1.37. The summed E-state index contributed by atoms with van der Waals surface area (Å²) in [5, 5.41) is 16.0. The van der Waals surface area contributed by atoms with Crippen molar-refractivity contribution in [1.82, 2.24) is 20.1 Å². The fourth-order valence-corrected chi connectivity index (χ4v) is 2.09. The van der Waals surface area contributed by atoms with Gasteiger partial charge in [0.25, 0.3) is 5.91 Å². The van der Waals surface area contributed by atoms with Crippen molar-refractivity contribution in [3.63, 3.8) is 0 Å². The molecule has 0 spiro atoms. The molecule has 0 unspecified atom stereocenters. The zero-order chi connectivity index (χ0) is 15.6. The summed E-state index contributed by atoms with van der Waals surface area (Å²) in [6.45, 7) is 3.52. The van der Waals surface area contributed by atoms with Crippen LogP contribution in [-0.4, -0.2) is 31.7 Å². The van der Waals surface area contributed by atoms with Crippen LogP contribution in [-0.2, 0) is 13.6 Å². The van der Waals surface area contributed by atoms with Crippen molar-refractivity contribution in [2.45, 2.75) is 20.4 Å². The van der Waals surface area contributed by atoms with Gasteiger partial charge in [0.05, 0.1) is 17.7 Å². The van der Waals surface area contributed by atoms with E-state index in [9.17, 15) is 14.7 Å². The Hall–Kier alpha value is -2.70. The number of carboxylic acids is 1. The molecule has 0 aliphatic rings. The van der Waals surface area contributed by atoms with Gasteiger partial charge in [-0.15, -0.1) is 0 Å². The van der Waals surface area contributed by atoms with Crippen molar-refractivity contribution >= 4 is 11.9 Å². The van der Waals surface area contributed by atoms with Crippen molar-refractivity contribution < 1.29 is 14.7 Å². The number of nitrogens with one attached hydrogen (secondary N) is 1. The third-order valence-corrected chi connectivity index (χ3v) is 3.12. The van der Waals surface area contributed by atoms with Crippen molar-refractivity contribution in [1.29, 1.82) is 0 Å². The SMILES string of the molecule is Cc1ccc(C)c(C(=O)NCc2ncn(C)n2)c1C(=O)O. The zero-order valence-corrected chi connectivity index (χ0v) is 12.0. The van der Waals surface area contributed by atoms with Crippen LogP contribution < -0.4 is 5.32 Å². The molecule has 0 atom stereocenters. The number of carbonyl (C=O) groups excluding carboxylic acids is 1. The first-order valence-electron chi connectivity index (χ1n) is 6.36. The number of benzene rings is 1. The Morgan fingerprint density at radius 3 is 2.38 bits per heavy atom. The van der Waals surface area contributed by atoms with E-state index < -0.39 is 11.9 Å². The molecule has 1 heterocycles. The Kier molecular flexibility index (Phi) is 4.02. The molecule has 0 fully saturated rings. The van der Waals surface area contributed by atoms with Crippen LogP contribution in [0.2, 0.25) is 0 Å². The van der Waals surface area contributed by atoms with Gasteiger partial charge in [-0.2, -0.15) is 5.10 Å². The fraction of sp³-hybridized carbons (Fsp3) is 0.286. The standard InChI is InChI=1S/C14H16N4O3/c1-8-4-5-9(2)12(14(20)21)11(8)13(19)15-6-10-16-7-18(3)17-10/h4-5,7H,6H2,1-3H3,(H,15,19)(H,20,21). The van der Waals surface area contributed by atoms with Crippen LogP contribution in [0.25, 0.3) is 0 Å². The van der Waals surface area contributed by atoms with Crippen molar-refractivity contribution in [3.8, 4) is 0 Å². The molecule has 1 amide bonds. The lowest BCUT2D eigenvalue weighted by atomic mass is 9.96. The van der Waals surface area contributed by atoms with Gasteiger partial charge in [-0.05, 0) is 25.0 Å². The Labute approximate surface area is 121 Å². The molecule has 2 rings (SSSR count). The maximum atomic E-state index is 12.3. The van der Waals surface area contributed by atoms with Gasteiger partial charge in [-0.3, -0.25) is 9.48 Å². The van der Waals surface area contributed by atoms with E-state index >= 15 is 0 Å². The fourth-order valence-electron chi connectivity index (χ4n) is 2.09. The molecular weight excluding hydrogens is 272 g/mol. The number of carbonyl (C=O) groups is 2. The average Bonchev–Trinajstić information content (AvgIpc) is 2.83. The summed E-state index contributed by atoms with van der Waals surface area (Å²) < 4.78 is 1.53. The highest BCUT2D eigenvalue weighted by molar-refractivity contribution is 6.06. The molecule has 1 aromatic heterocycles. The average molecular weight is 288 g/mol. The largest absolute Gasteiger partial charge is 0.478 e. The van der Waals surface area contributed by atoms with Gasteiger partial charge in [0.1, 0.15) is 6.33 Å². The first kappa shape index (κ1) is 14.7. The highest BCUT2D eigenvalue weighted by Crippen LogP contribution is 2.19. The molecule has 0 saturated heterocycles. The van der Waals surface area contributed by atoms with E-state index in [4.69, 9.17) is 0 Å². The Morgan fingerprint density at radius 2 is 1.86 bits per heavy atom. The Bertz CT molecular complexity index is 706. The van der Waals surface area contributed by atoms with E-state index in [1.54, 1.807) is 33.0 Å². The minimum atomic E-state index is -1.11. The van der Waals surface area contributed by atoms with E-state index in [-0.39, 0.29) is 17.7 Å². The number of amides is 1. The van der Waals surface area contributed by atoms with Gasteiger partial charge in [0, 0.05) is 7.05 Å². The minimum absolute atomic E-state index is 0.0291. The van der Waals surface area contributed by atoms with Gasteiger partial charge in [-0.25, -0.2) is 9.78 Å². The number of aromatic carboxylic acids is 1. The first-order valence-corrected chi connectivity index (χ1v) is 6.36. The molecule has 7 nitrogen and oxygen atoms in total. The lowest BCUT2D eigenvalue weighted by molar-refractivity contribution is 0.0690. The second-order valence-electron chi connectivity index (χ2n) is 4.77. The third kappa shape index (κ3) is 3.07. The third-order valence-electron chi connectivity index (χ3n) is 3.12. The van der Waals surface area contributed by atoms with Crippen LogP contribution in [0.3, 0.4) is 0 Å². The number of aromatic nitrogens is 3. The van der Waals surface area contributed by atoms with Crippen LogP contribution in [0.1, 0.15) is 37.7 Å². The van der Waals surface area contributed by atoms with Crippen LogP contribution in [0.4, 0.5) is 0 Å². The van der Waals surface area contributed by atoms with Crippen LogP contribution >= 0.6 is 0 Å². The van der Waals surface area contributed by atoms with Gasteiger partial charge in [0.2, 0.25) is 0 Å². The molecule has 0 aliphatic heterocycles. The molecule has 110 valence electrons. The molecule has 2 aromatic rings. The summed E-state index contributed by atoms with van der Waals surface area (Å²) in [5.74, 6) is -1.09. The van der Waals surface area contributed by atoms with Gasteiger partial charge < -0.3 is 10.4 Å². The molecule has 0 saturated carbocycles. The Balaban J connectivity index is 2.26. The molecule has 21 heavy (non-hydrogen) atoms. The number of rotatable bonds is 4. The van der Waals surface area contributed by atoms with E-state index in [1.807, 2.05) is 0 Å². The minimum Gasteiger partial charge on any atom is -0.478 e. The van der Waals surface area contributed by atoms with E-state index in [1.165, 1.54) is 11.0 Å². The number of aryl methyl sites for hydroxylation is 3. The lowest BCUT2D eigenvalue weighted by Crippen LogP contribution is -2.27. The first-order chi connectivity index (χ1) is 9.90. The highest BCUT2D eigenvalue weighted by atomic mass is 16.4. The van der Waals surface area contributed by atoms with Crippen molar-refractivity contribution in [2.75, 3.05) is 0 Å². The van der Waals surface area contributed by atoms with E-state index in [2.05, 4.69) is 15.4 Å². The van der Waals surface area contributed by atoms with E-state index in [0.717, 1.165) is 0 Å². The summed E-state index contributed by atoms with van der Waals surface area (Å²) in [6, 6.07) is 3.42. The second kappa shape index (κ2) is 5.74. The predicted molar refractivity (Wildman–Crippen MR) is 75.0 cm³/mol. The van der Waals surface area contributed by atoms with Crippen molar-refractivity contribution in [2.24, 2.45) is 7.05 Å². The van der Waals surface area contributed by atoms with Crippen molar-refractivity contribution in [3.05, 3.63) is 46.5 Å². The monoisotopic (exact) mass is 288 g/mol. The molecule has 7 heteroatoms. The summed E-state index contributed by atoms with van der Waals surface area (Å²) >= 11 is 0. The van der Waals surface area contributed by atoms with Crippen LogP contribution in [0.5, 0.6) is 0 Å². The maximum Gasteiger partial charge on any atom is 0.336 e. The van der Waals surface area contributed by atoms with Crippen LogP contribution in [0, 0.1) is 13.8 Å². The number of hydrogen-bond donors (Lipinski definition) is 2. The van der Waals surface area contributed by atoms with Gasteiger partial charge >= 0.3 is 5.97 Å². The number of hydrogen-bond acceptors (Lipinski definition) is 4. The molecule has 0 bridgehead atoms. The lowest BCUT2D eigenvalue weighted by Gasteiger charge is -2.12. The molecule has 2 N–H and O–H groups in total. The second-order valence-corrected chi connectivity index (χ2v) is 4.77. The van der Waals surface area contributed by atoms with Crippen LogP contribution in [0.15, 0.2) is 18.5 Å². The summed E-state index contributed by atoms with van der Waals surface area (Å²) in [7, 11) is 1.73. The zero-order valence-electron chi connectivity index (χ0n) is 12.0. The Morgan fingerprint density at radius 1 is 1.24 bits per heavy atom. The topological polar surface area (TPSA) is 97.1 Å². The smallest absolute Gasteiger partial charge is 0.336 e. The normalized spacial score (nSPS) is 10.4. The molecular formula is C14H16N4O3. The van der Waals surface area contributed by atoms with Gasteiger partial charge in [0.15, 0.2) is 5.82 Å².